The van der Waals surface area contributed by atoms with Gasteiger partial charge in [0.15, 0.2) is 0 Å². The molecule has 3 aromatic rings. The molecule has 9 heteroatoms. The Morgan fingerprint density at radius 3 is 2.48 bits per heavy atom. The zero-order valence-corrected chi connectivity index (χ0v) is 19.0. The molecule has 1 aliphatic heterocycles. The van der Waals surface area contributed by atoms with Crippen LogP contribution in [0.4, 0.5) is 4.39 Å². The lowest BCUT2D eigenvalue weighted by molar-refractivity contribution is 0.181. The van der Waals surface area contributed by atoms with E-state index in [2.05, 4.69) is 9.88 Å². The Labute approximate surface area is 186 Å². The van der Waals surface area contributed by atoms with Gasteiger partial charge in [0.25, 0.3) is 0 Å². The van der Waals surface area contributed by atoms with Gasteiger partial charge in [-0.15, -0.1) is 11.3 Å². The molecule has 1 aromatic heterocycles. The van der Waals surface area contributed by atoms with Gasteiger partial charge in [-0.1, -0.05) is 6.07 Å². The SMILES string of the molecule is COc1ccc(C)cc1S(=O)(=O)N1CCN(Cc2nc(-c3ccc(F)cc3)cs2)CC1. The van der Waals surface area contributed by atoms with Crippen LogP contribution in [0.1, 0.15) is 10.6 Å². The minimum absolute atomic E-state index is 0.215. The molecule has 0 amide bonds. The summed E-state index contributed by atoms with van der Waals surface area (Å²) in [6, 6.07) is 11.5. The van der Waals surface area contributed by atoms with E-state index in [1.165, 1.54) is 23.5 Å². The Morgan fingerprint density at radius 2 is 1.81 bits per heavy atom. The molecule has 0 aliphatic carbocycles. The largest absolute Gasteiger partial charge is 0.495 e. The molecule has 0 radical (unpaired) electrons. The smallest absolute Gasteiger partial charge is 0.246 e. The van der Waals surface area contributed by atoms with Gasteiger partial charge in [-0.2, -0.15) is 4.31 Å². The van der Waals surface area contributed by atoms with Crippen LogP contribution in [-0.2, 0) is 16.6 Å². The minimum Gasteiger partial charge on any atom is -0.495 e. The normalized spacial score (nSPS) is 15.8. The van der Waals surface area contributed by atoms with Crippen LogP contribution in [0.3, 0.4) is 0 Å². The molecule has 0 saturated carbocycles. The number of piperazine rings is 1. The maximum absolute atomic E-state index is 13.2. The van der Waals surface area contributed by atoms with Crippen LogP contribution in [0, 0.1) is 12.7 Å². The number of rotatable bonds is 6. The third-order valence-electron chi connectivity index (χ3n) is 5.32. The van der Waals surface area contributed by atoms with Gasteiger partial charge in [0.2, 0.25) is 10.0 Å². The maximum atomic E-state index is 13.2. The van der Waals surface area contributed by atoms with Gasteiger partial charge >= 0.3 is 0 Å². The molecule has 31 heavy (non-hydrogen) atoms. The van der Waals surface area contributed by atoms with Gasteiger partial charge in [-0.3, -0.25) is 4.90 Å². The molecule has 0 unspecified atom stereocenters. The van der Waals surface area contributed by atoms with E-state index in [1.807, 2.05) is 18.4 Å². The lowest BCUT2D eigenvalue weighted by Gasteiger charge is -2.33. The number of nitrogens with zero attached hydrogens (tertiary/aromatic N) is 3. The second kappa shape index (κ2) is 9.04. The average molecular weight is 462 g/mol. The lowest BCUT2D eigenvalue weighted by Crippen LogP contribution is -2.48. The van der Waals surface area contributed by atoms with Crippen LogP contribution in [0.15, 0.2) is 52.7 Å². The molecule has 2 aromatic carbocycles. The van der Waals surface area contributed by atoms with Crippen molar-refractivity contribution in [3.63, 3.8) is 0 Å². The number of halogens is 1. The van der Waals surface area contributed by atoms with Gasteiger partial charge in [0, 0.05) is 37.1 Å². The fourth-order valence-electron chi connectivity index (χ4n) is 3.58. The zero-order valence-electron chi connectivity index (χ0n) is 17.4. The molecule has 0 atom stereocenters. The highest BCUT2D eigenvalue weighted by Crippen LogP contribution is 2.29. The maximum Gasteiger partial charge on any atom is 0.246 e. The minimum atomic E-state index is -3.62. The molecule has 4 rings (SSSR count). The van der Waals surface area contributed by atoms with Crippen molar-refractivity contribution in [3.8, 4) is 17.0 Å². The number of aromatic nitrogens is 1. The van der Waals surface area contributed by atoms with E-state index in [4.69, 9.17) is 4.74 Å². The summed E-state index contributed by atoms with van der Waals surface area (Å²) in [5, 5.41) is 2.92. The van der Waals surface area contributed by atoms with Gasteiger partial charge in [0.05, 0.1) is 19.3 Å². The zero-order chi connectivity index (χ0) is 22.0. The molecule has 2 heterocycles. The van der Waals surface area contributed by atoms with Crippen LogP contribution < -0.4 is 4.74 Å². The van der Waals surface area contributed by atoms with Crippen LogP contribution >= 0.6 is 11.3 Å². The Morgan fingerprint density at radius 1 is 1.10 bits per heavy atom. The van der Waals surface area contributed by atoms with E-state index in [-0.39, 0.29) is 10.7 Å². The third-order valence-corrected chi connectivity index (χ3v) is 8.07. The predicted molar refractivity (Wildman–Crippen MR) is 119 cm³/mol. The highest BCUT2D eigenvalue weighted by atomic mass is 32.2. The van der Waals surface area contributed by atoms with Gasteiger partial charge in [-0.25, -0.2) is 17.8 Å². The van der Waals surface area contributed by atoms with Crippen LogP contribution in [-0.4, -0.2) is 55.9 Å². The van der Waals surface area contributed by atoms with E-state index in [0.29, 0.717) is 38.5 Å². The summed E-state index contributed by atoms with van der Waals surface area (Å²) in [5.74, 6) is 0.0967. The second-order valence-corrected chi connectivity index (χ2v) is 10.3. The van der Waals surface area contributed by atoms with Crippen molar-refractivity contribution in [3.05, 3.63) is 64.2 Å². The summed E-state index contributed by atoms with van der Waals surface area (Å²) in [5.41, 5.74) is 2.58. The summed E-state index contributed by atoms with van der Waals surface area (Å²) in [6.07, 6.45) is 0. The van der Waals surface area contributed by atoms with Crippen molar-refractivity contribution in [2.75, 3.05) is 33.3 Å². The fourth-order valence-corrected chi connectivity index (χ4v) is 6.09. The standard InChI is InChI=1S/C22H24FN3O3S2/c1-16-3-8-20(29-2)21(13-16)31(27,28)26-11-9-25(10-12-26)14-22-24-19(15-30-22)17-4-6-18(23)7-5-17/h3-8,13,15H,9-12,14H2,1-2H3. The molecule has 1 fully saturated rings. The number of ether oxygens (including phenoxy) is 1. The van der Waals surface area contributed by atoms with Gasteiger partial charge < -0.3 is 4.74 Å². The quantitative estimate of drug-likeness (QED) is 0.559. The Kier molecular flexibility index (Phi) is 6.38. The van der Waals surface area contributed by atoms with Crippen molar-refractivity contribution in [2.45, 2.75) is 18.4 Å². The summed E-state index contributed by atoms with van der Waals surface area (Å²) in [6.45, 7) is 4.60. The number of hydrogen-bond donors (Lipinski definition) is 0. The first-order chi connectivity index (χ1) is 14.9. The molecule has 1 aliphatic rings. The first-order valence-electron chi connectivity index (χ1n) is 9.94. The molecule has 0 spiro atoms. The molecule has 0 N–H and O–H groups in total. The van der Waals surface area contributed by atoms with Crippen molar-refractivity contribution in [1.29, 1.82) is 0 Å². The van der Waals surface area contributed by atoms with E-state index < -0.39 is 10.0 Å². The molecular weight excluding hydrogens is 437 g/mol. The number of thiazole rings is 1. The van der Waals surface area contributed by atoms with Crippen molar-refractivity contribution in [2.24, 2.45) is 0 Å². The van der Waals surface area contributed by atoms with Gasteiger partial charge in [0.1, 0.15) is 21.5 Å². The van der Waals surface area contributed by atoms with Crippen LogP contribution in [0.2, 0.25) is 0 Å². The van der Waals surface area contributed by atoms with Crippen molar-refractivity contribution < 1.29 is 17.5 Å². The van der Waals surface area contributed by atoms with Crippen LogP contribution in [0.25, 0.3) is 11.3 Å². The van der Waals surface area contributed by atoms with Crippen LogP contribution in [0.5, 0.6) is 5.75 Å². The number of methoxy groups -OCH3 is 1. The average Bonchev–Trinajstić information content (AvgIpc) is 3.23. The molecule has 1 saturated heterocycles. The Bertz CT molecular complexity index is 1150. The molecule has 6 nitrogen and oxygen atoms in total. The number of benzene rings is 2. The fraction of sp³-hybridized carbons (Fsp3) is 0.318. The highest BCUT2D eigenvalue weighted by Gasteiger charge is 2.31. The number of hydrogen-bond acceptors (Lipinski definition) is 6. The van der Waals surface area contributed by atoms with E-state index >= 15 is 0 Å². The highest BCUT2D eigenvalue weighted by molar-refractivity contribution is 7.89. The summed E-state index contributed by atoms with van der Waals surface area (Å²) < 4.78 is 46.2. The Hall–Kier alpha value is -2.33. The summed E-state index contributed by atoms with van der Waals surface area (Å²) in [4.78, 5) is 7.07. The topological polar surface area (TPSA) is 62.7 Å². The number of aryl methyl sites for hydroxylation is 1. The lowest BCUT2D eigenvalue weighted by atomic mass is 10.2. The summed E-state index contributed by atoms with van der Waals surface area (Å²) in [7, 11) is -2.14. The molecule has 164 valence electrons. The van der Waals surface area contributed by atoms with Crippen molar-refractivity contribution in [1.82, 2.24) is 14.2 Å². The first kappa shape index (κ1) is 21.9. The first-order valence-corrected chi connectivity index (χ1v) is 12.3. The number of sulfonamides is 1. The molecule has 0 bridgehead atoms. The van der Waals surface area contributed by atoms with E-state index in [0.717, 1.165) is 21.8 Å². The van der Waals surface area contributed by atoms with Crippen molar-refractivity contribution >= 4 is 21.4 Å². The predicted octanol–water partition coefficient (Wildman–Crippen LogP) is 3.77. The van der Waals surface area contributed by atoms with Gasteiger partial charge in [-0.05, 0) is 48.9 Å². The molecular formula is C22H24FN3O3S2. The second-order valence-electron chi connectivity index (χ2n) is 7.47. The Balaban J connectivity index is 1.40. The van der Waals surface area contributed by atoms with E-state index in [9.17, 15) is 12.8 Å². The van der Waals surface area contributed by atoms with E-state index in [1.54, 1.807) is 35.6 Å². The third kappa shape index (κ3) is 4.79. The monoisotopic (exact) mass is 461 g/mol. The summed E-state index contributed by atoms with van der Waals surface area (Å²) >= 11 is 1.56.